The number of carbonyl (C=O) groups excluding carboxylic acids is 1. The first-order valence-corrected chi connectivity index (χ1v) is 11.9. The molecule has 156 valence electrons. The van der Waals surface area contributed by atoms with Gasteiger partial charge in [-0.25, -0.2) is 0 Å². The van der Waals surface area contributed by atoms with Crippen LogP contribution in [0.3, 0.4) is 0 Å². The maximum Gasteiger partial charge on any atom is 0.266 e. The van der Waals surface area contributed by atoms with Crippen LogP contribution in [-0.4, -0.2) is 5.91 Å². The fraction of sp³-hybridized carbons (Fsp3) is 0.0833. The number of aryl methyl sites for hydroxylation is 1. The summed E-state index contributed by atoms with van der Waals surface area (Å²) in [6, 6.07) is 21.1. The average Bonchev–Trinajstić information content (AvgIpc) is 2.72. The van der Waals surface area contributed by atoms with Gasteiger partial charge in [0.05, 0.1) is 8.04 Å². The van der Waals surface area contributed by atoms with Crippen molar-refractivity contribution in [2.75, 3.05) is 5.32 Å². The zero-order valence-electron chi connectivity index (χ0n) is 16.5. The Bertz CT molecular complexity index is 1160. The predicted molar refractivity (Wildman–Crippen MR) is 139 cm³/mol. The molecule has 1 N–H and O–H groups in total. The molecule has 0 fully saturated rings. The number of benzene rings is 3. The SMILES string of the molecule is Cc1ccc(COc2c(Br)cc(/C=C(/C#N)C(=O)Nc3cccc(Br)c3)cc2I)cc1. The molecule has 3 rings (SSSR count). The van der Waals surface area contributed by atoms with Gasteiger partial charge in [0, 0.05) is 10.2 Å². The lowest BCUT2D eigenvalue weighted by Gasteiger charge is -2.12. The molecule has 3 aromatic rings. The number of nitrogens with zero attached hydrogens (tertiary/aromatic N) is 1. The molecule has 0 aromatic heterocycles. The molecule has 0 aliphatic heterocycles. The first-order valence-electron chi connectivity index (χ1n) is 9.22. The van der Waals surface area contributed by atoms with Crippen LogP contribution in [0, 0.1) is 21.8 Å². The second-order valence-electron chi connectivity index (χ2n) is 6.72. The van der Waals surface area contributed by atoms with Crippen molar-refractivity contribution >= 4 is 72.1 Å². The molecule has 4 nitrogen and oxygen atoms in total. The summed E-state index contributed by atoms with van der Waals surface area (Å²) in [5.41, 5.74) is 3.62. The highest BCUT2D eigenvalue weighted by atomic mass is 127. The summed E-state index contributed by atoms with van der Waals surface area (Å²) in [5, 5.41) is 12.2. The van der Waals surface area contributed by atoms with Gasteiger partial charge in [-0.05, 0) is 93.0 Å². The number of nitrogens with one attached hydrogen (secondary N) is 1. The third-order valence-electron chi connectivity index (χ3n) is 4.28. The minimum atomic E-state index is -0.466. The molecule has 0 aliphatic rings. The Morgan fingerprint density at radius 2 is 1.90 bits per heavy atom. The van der Waals surface area contributed by atoms with Crippen LogP contribution >= 0.6 is 54.5 Å². The van der Waals surface area contributed by atoms with Crippen LogP contribution in [0.4, 0.5) is 5.69 Å². The van der Waals surface area contributed by atoms with E-state index in [1.165, 1.54) is 5.56 Å². The van der Waals surface area contributed by atoms with Gasteiger partial charge in [-0.15, -0.1) is 0 Å². The minimum Gasteiger partial charge on any atom is -0.487 e. The molecule has 7 heteroatoms. The van der Waals surface area contributed by atoms with E-state index in [1.54, 1.807) is 18.2 Å². The smallest absolute Gasteiger partial charge is 0.266 e. The fourth-order valence-electron chi connectivity index (χ4n) is 2.72. The molecule has 3 aromatic carbocycles. The minimum absolute atomic E-state index is 0.0102. The molecule has 0 atom stereocenters. The molecule has 0 saturated carbocycles. The maximum absolute atomic E-state index is 12.5. The van der Waals surface area contributed by atoms with Crippen molar-refractivity contribution in [1.82, 2.24) is 0 Å². The van der Waals surface area contributed by atoms with E-state index in [1.807, 2.05) is 49.4 Å². The van der Waals surface area contributed by atoms with E-state index in [0.29, 0.717) is 12.3 Å². The Labute approximate surface area is 211 Å². The zero-order chi connectivity index (χ0) is 22.4. The molecule has 1 amide bonds. The molecule has 0 spiro atoms. The first kappa shape index (κ1) is 23.5. The van der Waals surface area contributed by atoms with Crippen molar-refractivity contribution in [3.8, 4) is 11.8 Å². The topological polar surface area (TPSA) is 62.1 Å². The van der Waals surface area contributed by atoms with Gasteiger partial charge in [0.25, 0.3) is 5.91 Å². The van der Waals surface area contributed by atoms with E-state index in [-0.39, 0.29) is 5.57 Å². The van der Waals surface area contributed by atoms with Crippen molar-refractivity contribution in [2.24, 2.45) is 0 Å². The number of halogens is 3. The molecule has 0 heterocycles. The van der Waals surface area contributed by atoms with Crippen LogP contribution in [0.25, 0.3) is 6.08 Å². The Morgan fingerprint density at radius 1 is 1.16 bits per heavy atom. The van der Waals surface area contributed by atoms with E-state index in [0.717, 1.165) is 29.4 Å². The second kappa shape index (κ2) is 10.9. The Balaban J connectivity index is 1.76. The number of hydrogen-bond donors (Lipinski definition) is 1. The monoisotopic (exact) mass is 650 g/mol. The number of ether oxygens (including phenoxy) is 1. The van der Waals surface area contributed by atoms with Crippen molar-refractivity contribution in [2.45, 2.75) is 13.5 Å². The Hall–Kier alpha value is -2.15. The molecule has 31 heavy (non-hydrogen) atoms. The van der Waals surface area contributed by atoms with Crippen molar-refractivity contribution in [3.05, 3.63) is 95.4 Å². The van der Waals surface area contributed by atoms with Crippen LogP contribution < -0.4 is 10.1 Å². The van der Waals surface area contributed by atoms with Crippen molar-refractivity contribution in [1.29, 1.82) is 5.26 Å². The number of carbonyl (C=O) groups is 1. The van der Waals surface area contributed by atoms with E-state index in [9.17, 15) is 10.1 Å². The summed E-state index contributed by atoms with van der Waals surface area (Å²) in [7, 11) is 0. The van der Waals surface area contributed by atoms with Gasteiger partial charge in [-0.3, -0.25) is 4.79 Å². The highest BCUT2D eigenvalue weighted by Gasteiger charge is 2.13. The van der Waals surface area contributed by atoms with Gasteiger partial charge >= 0.3 is 0 Å². The van der Waals surface area contributed by atoms with Crippen LogP contribution in [-0.2, 0) is 11.4 Å². The maximum atomic E-state index is 12.5. The zero-order valence-corrected chi connectivity index (χ0v) is 21.8. The third kappa shape index (κ3) is 6.66. The van der Waals surface area contributed by atoms with Crippen molar-refractivity contribution < 1.29 is 9.53 Å². The lowest BCUT2D eigenvalue weighted by molar-refractivity contribution is -0.112. The highest BCUT2D eigenvalue weighted by molar-refractivity contribution is 14.1. The number of nitriles is 1. The molecule has 0 radical (unpaired) electrons. The number of hydrogen-bond acceptors (Lipinski definition) is 3. The average molecular weight is 652 g/mol. The van der Waals surface area contributed by atoms with Crippen LogP contribution in [0.5, 0.6) is 5.75 Å². The van der Waals surface area contributed by atoms with Gasteiger partial charge in [0.15, 0.2) is 0 Å². The molecule has 0 aliphatic carbocycles. The summed E-state index contributed by atoms with van der Waals surface area (Å²) in [6.45, 7) is 2.49. The Morgan fingerprint density at radius 3 is 2.55 bits per heavy atom. The lowest BCUT2D eigenvalue weighted by atomic mass is 10.1. The number of rotatable bonds is 6. The van der Waals surface area contributed by atoms with Crippen LogP contribution in [0.15, 0.2) is 75.2 Å². The summed E-state index contributed by atoms with van der Waals surface area (Å²) in [5.74, 6) is 0.252. The van der Waals surface area contributed by atoms with Crippen LogP contribution in [0.2, 0.25) is 0 Å². The third-order valence-corrected chi connectivity index (χ3v) is 6.17. The molecule has 0 bridgehead atoms. The molecular formula is C24H17Br2IN2O2. The fourth-order valence-corrected chi connectivity index (χ4v) is 4.89. The molecular weight excluding hydrogens is 635 g/mol. The summed E-state index contributed by atoms with van der Waals surface area (Å²) in [4.78, 5) is 12.5. The van der Waals surface area contributed by atoms with Gasteiger partial charge in [0.1, 0.15) is 24.0 Å². The normalized spacial score (nSPS) is 11.0. The van der Waals surface area contributed by atoms with E-state index in [4.69, 9.17) is 4.74 Å². The largest absolute Gasteiger partial charge is 0.487 e. The predicted octanol–water partition coefficient (Wildman–Crippen LogP) is 7.25. The highest BCUT2D eigenvalue weighted by Crippen LogP contribution is 2.33. The van der Waals surface area contributed by atoms with Gasteiger partial charge < -0.3 is 10.1 Å². The second-order valence-corrected chi connectivity index (χ2v) is 9.65. The van der Waals surface area contributed by atoms with E-state index < -0.39 is 5.91 Å². The first-order chi connectivity index (χ1) is 14.9. The van der Waals surface area contributed by atoms with Crippen LogP contribution in [0.1, 0.15) is 16.7 Å². The number of amides is 1. The quantitative estimate of drug-likeness (QED) is 0.174. The summed E-state index contributed by atoms with van der Waals surface area (Å²) >= 11 is 9.10. The van der Waals surface area contributed by atoms with Crippen molar-refractivity contribution in [3.63, 3.8) is 0 Å². The summed E-state index contributed by atoms with van der Waals surface area (Å²) < 4.78 is 8.46. The van der Waals surface area contributed by atoms with Gasteiger partial charge in [0.2, 0.25) is 0 Å². The van der Waals surface area contributed by atoms with Gasteiger partial charge in [-0.2, -0.15) is 5.26 Å². The number of anilines is 1. The molecule has 0 unspecified atom stereocenters. The standard InChI is InChI=1S/C24H17Br2IN2O2/c1-15-5-7-16(8-6-15)14-31-23-21(26)10-17(11-22(23)27)9-18(13-28)24(30)29-20-4-2-3-19(25)12-20/h2-12H,14H2,1H3,(H,29,30)/b18-9-. The Kier molecular flexibility index (Phi) is 8.29. The lowest BCUT2D eigenvalue weighted by Crippen LogP contribution is -2.13. The van der Waals surface area contributed by atoms with Gasteiger partial charge in [-0.1, -0.05) is 51.8 Å². The summed E-state index contributed by atoms with van der Waals surface area (Å²) in [6.07, 6.45) is 1.56. The molecule has 0 saturated heterocycles. The van der Waals surface area contributed by atoms with E-state index >= 15 is 0 Å². The van der Waals surface area contributed by atoms with E-state index in [2.05, 4.69) is 71.9 Å².